The van der Waals surface area contributed by atoms with Crippen molar-refractivity contribution in [3.8, 4) is 11.5 Å². The second-order valence-corrected chi connectivity index (χ2v) is 6.78. The van der Waals surface area contributed by atoms with E-state index in [1.54, 1.807) is 14.2 Å². The normalized spacial score (nSPS) is 26.0. The van der Waals surface area contributed by atoms with Crippen molar-refractivity contribution >= 4 is 11.6 Å². The number of amides is 1. The number of likely N-dealkylation sites (tertiary alicyclic amines) is 1. The molecule has 0 aliphatic carbocycles. The molecule has 136 valence electrons. The van der Waals surface area contributed by atoms with Crippen LogP contribution in [0.3, 0.4) is 0 Å². The molecule has 0 bridgehead atoms. The minimum absolute atomic E-state index is 0.0407. The first-order valence-corrected chi connectivity index (χ1v) is 8.82. The van der Waals surface area contributed by atoms with Crippen LogP contribution in [0.1, 0.15) is 45.1 Å². The molecule has 2 aliphatic rings. The average molecular weight is 346 g/mol. The van der Waals surface area contributed by atoms with Crippen LogP contribution in [-0.2, 0) is 9.63 Å². The van der Waals surface area contributed by atoms with Crippen molar-refractivity contribution in [2.45, 2.75) is 57.7 Å². The van der Waals surface area contributed by atoms with Crippen LogP contribution in [0.4, 0.5) is 0 Å². The van der Waals surface area contributed by atoms with Crippen LogP contribution < -0.4 is 9.47 Å². The van der Waals surface area contributed by atoms with Gasteiger partial charge in [-0.2, -0.15) is 0 Å². The van der Waals surface area contributed by atoms with E-state index in [9.17, 15) is 4.79 Å². The fourth-order valence-corrected chi connectivity index (χ4v) is 3.72. The zero-order chi connectivity index (χ0) is 18.0. The summed E-state index contributed by atoms with van der Waals surface area (Å²) in [6.07, 6.45) is 3.21. The number of benzene rings is 1. The fraction of sp³-hybridized carbons (Fsp3) is 0.579. The monoisotopic (exact) mass is 346 g/mol. The molecule has 1 fully saturated rings. The number of rotatable bonds is 4. The molecule has 0 radical (unpaired) electrons. The third-order valence-corrected chi connectivity index (χ3v) is 5.11. The van der Waals surface area contributed by atoms with Crippen LogP contribution in [0.15, 0.2) is 23.4 Å². The van der Waals surface area contributed by atoms with E-state index in [2.05, 4.69) is 19.0 Å². The highest BCUT2D eigenvalue weighted by Crippen LogP contribution is 2.31. The number of nitrogens with zero attached hydrogens (tertiary/aromatic N) is 2. The molecule has 0 aromatic heterocycles. The molecule has 25 heavy (non-hydrogen) atoms. The lowest BCUT2D eigenvalue weighted by atomic mass is 9.95. The van der Waals surface area contributed by atoms with Gasteiger partial charge in [0.05, 0.1) is 19.9 Å². The van der Waals surface area contributed by atoms with Crippen LogP contribution in [-0.4, -0.2) is 48.9 Å². The molecule has 2 heterocycles. The molecule has 3 atom stereocenters. The molecule has 2 aliphatic heterocycles. The minimum Gasteiger partial charge on any atom is -0.493 e. The predicted molar refractivity (Wildman–Crippen MR) is 95.2 cm³/mol. The van der Waals surface area contributed by atoms with Crippen molar-refractivity contribution < 1.29 is 19.1 Å². The van der Waals surface area contributed by atoms with Crippen molar-refractivity contribution in [3.63, 3.8) is 0 Å². The number of ether oxygens (including phenoxy) is 2. The topological polar surface area (TPSA) is 60.4 Å². The van der Waals surface area contributed by atoms with Crippen molar-refractivity contribution in [1.82, 2.24) is 4.90 Å². The van der Waals surface area contributed by atoms with Gasteiger partial charge < -0.3 is 19.2 Å². The molecule has 1 saturated heterocycles. The molecule has 1 amide bonds. The van der Waals surface area contributed by atoms with Crippen molar-refractivity contribution in [1.29, 1.82) is 0 Å². The lowest BCUT2D eigenvalue weighted by molar-refractivity contribution is -0.148. The van der Waals surface area contributed by atoms with E-state index in [1.165, 1.54) is 6.42 Å². The van der Waals surface area contributed by atoms with Gasteiger partial charge in [-0.25, -0.2) is 0 Å². The Balaban J connectivity index is 1.71. The molecular formula is C19H26N2O4. The summed E-state index contributed by atoms with van der Waals surface area (Å²) in [6.45, 7) is 4.22. The summed E-state index contributed by atoms with van der Waals surface area (Å²) >= 11 is 0. The summed E-state index contributed by atoms with van der Waals surface area (Å²) in [7, 11) is 3.20. The molecule has 1 aromatic carbocycles. The summed E-state index contributed by atoms with van der Waals surface area (Å²) in [5.74, 6) is 1.34. The maximum atomic E-state index is 12.9. The zero-order valence-corrected chi connectivity index (χ0v) is 15.3. The number of oxime groups is 1. The average Bonchev–Trinajstić information content (AvgIpc) is 3.11. The number of carbonyl (C=O) groups excluding carboxylic acids is 1. The molecule has 0 unspecified atom stereocenters. The summed E-state index contributed by atoms with van der Waals surface area (Å²) in [5, 5.41) is 4.16. The molecule has 0 spiro atoms. The van der Waals surface area contributed by atoms with Gasteiger partial charge in [0.25, 0.3) is 5.91 Å². The summed E-state index contributed by atoms with van der Waals surface area (Å²) in [4.78, 5) is 20.4. The summed E-state index contributed by atoms with van der Waals surface area (Å²) < 4.78 is 10.6. The van der Waals surface area contributed by atoms with E-state index >= 15 is 0 Å². The van der Waals surface area contributed by atoms with Crippen LogP contribution in [0.25, 0.3) is 0 Å². The Hall–Kier alpha value is -2.24. The van der Waals surface area contributed by atoms with Gasteiger partial charge in [0.1, 0.15) is 0 Å². The Morgan fingerprint density at radius 3 is 2.48 bits per heavy atom. The molecule has 1 aromatic rings. The highest BCUT2D eigenvalue weighted by atomic mass is 16.6. The standard InChI is InChI=1S/C19H26N2O4/c1-12-6-5-7-13(2)21(12)19(22)18-11-15(20-25-18)14-8-9-16(23-3)17(10-14)24-4/h8-10,12-13,18H,5-7,11H2,1-4H3/t12-,13+,18-/m0/s1. The predicted octanol–water partition coefficient (Wildman–Crippen LogP) is 2.99. The Kier molecular flexibility index (Phi) is 5.16. The highest BCUT2D eigenvalue weighted by Gasteiger charge is 2.37. The fourth-order valence-electron chi connectivity index (χ4n) is 3.72. The van der Waals surface area contributed by atoms with E-state index in [1.807, 2.05) is 23.1 Å². The van der Waals surface area contributed by atoms with Gasteiger partial charge >= 0.3 is 0 Å². The van der Waals surface area contributed by atoms with Gasteiger partial charge in [0.2, 0.25) is 6.10 Å². The smallest absolute Gasteiger partial charge is 0.267 e. The van der Waals surface area contributed by atoms with Crippen LogP contribution in [0, 0.1) is 0 Å². The molecule has 0 N–H and O–H groups in total. The molecular weight excluding hydrogens is 320 g/mol. The van der Waals surface area contributed by atoms with Gasteiger partial charge in [-0.1, -0.05) is 5.16 Å². The highest BCUT2D eigenvalue weighted by molar-refractivity contribution is 6.04. The molecule has 0 saturated carbocycles. The van der Waals surface area contributed by atoms with E-state index in [4.69, 9.17) is 14.3 Å². The van der Waals surface area contributed by atoms with Crippen molar-refractivity contribution in [3.05, 3.63) is 23.8 Å². The summed E-state index contributed by atoms with van der Waals surface area (Å²) in [5.41, 5.74) is 1.64. The third-order valence-electron chi connectivity index (χ3n) is 5.11. The second-order valence-electron chi connectivity index (χ2n) is 6.78. The van der Waals surface area contributed by atoms with Crippen molar-refractivity contribution in [2.75, 3.05) is 14.2 Å². The zero-order valence-electron chi connectivity index (χ0n) is 15.3. The van der Waals surface area contributed by atoms with Gasteiger partial charge in [0.15, 0.2) is 11.5 Å². The number of methoxy groups -OCH3 is 2. The first-order chi connectivity index (χ1) is 12.0. The number of carbonyl (C=O) groups is 1. The summed E-state index contributed by atoms with van der Waals surface area (Å²) in [6, 6.07) is 6.11. The second kappa shape index (κ2) is 7.33. The first kappa shape index (κ1) is 17.6. The minimum atomic E-state index is -0.536. The maximum Gasteiger partial charge on any atom is 0.267 e. The first-order valence-electron chi connectivity index (χ1n) is 8.82. The van der Waals surface area contributed by atoms with Gasteiger partial charge in [0, 0.05) is 24.1 Å². The van der Waals surface area contributed by atoms with Crippen molar-refractivity contribution in [2.24, 2.45) is 5.16 Å². The third kappa shape index (κ3) is 3.43. The molecule has 3 rings (SSSR count). The Bertz CT molecular complexity index is 663. The number of piperidine rings is 1. The van der Waals surface area contributed by atoms with E-state index in [-0.39, 0.29) is 18.0 Å². The maximum absolute atomic E-state index is 12.9. The Labute approximate surface area is 148 Å². The van der Waals surface area contributed by atoms with Crippen LogP contribution in [0.2, 0.25) is 0 Å². The van der Waals surface area contributed by atoms with E-state index in [0.29, 0.717) is 17.9 Å². The Morgan fingerprint density at radius 2 is 1.84 bits per heavy atom. The molecule has 6 nitrogen and oxygen atoms in total. The SMILES string of the molecule is COc1ccc(C2=NO[C@H](C(=O)N3[C@H](C)CCC[C@@H]3C)C2)cc1OC. The largest absolute Gasteiger partial charge is 0.493 e. The van der Waals surface area contributed by atoms with Crippen LogP contribution >= 0.6 is 0 Å². The van der Waals surface area contributed by atoms with Gasteiger partial charge in [-0.3, -0.25) is 4.79 Å². The van der Waals surface area contributed by atoms with Gasteiger partial charge in [-0.15, -0.1) is 0 Å². The lowest BCUT2D eigenvalue weighted by Gasteiger charge is -2.39. The Morgan fingerprint density at radius 1 is 1.16 bits per heavy atom. The number of hydrogen-bond acceptors (Lipinski definition) is 5. The van der Waals surface area contributed by atoms with E-state index in [0.717, 1.165) is 24.1 Å². The lowest BCUT2D eigenvalue weighted by Crippen LogP contribution is -2.51. The van der Waals surface area contributed by atoms with Gasteiger partial charge in [-0.05, 0) is 51.3 Å². The van der Waals surface area contributed by atoms with Crippen LogP contribution in [0.5, 0.6) is 11.5 Å². The quantitative estimate of drug-likeness (QED) is 0.841. The molecule has 6 heteroatoms. The van der Waals surface area contributed by atoms with E-state index < -0.39 is 6.10 Å². The number of hydrogen-bond donors (Lipinski definition) is 0.